The number of amides is 2. The Hall–Kier alpha value is -2.21. The van der Waals surface area contributed by atoms with Crippen LogP contribution in [0.3, 0.4) is 0 Å². The van der Waals surface area contributed by atoms with Crippen molar-refractivity contribution in [2.75, 3.05) is 10.6 Å². The topological polar surface area (TPSA) is 71.1 Å². The molecule has 0 aliphatic rings. The van der Waals surface area contributed by atoms with Crippen molar-refractivity contribution in [3.63, 3.8) is 0 Å². The zero-order valence-corrected chi connectivity index (χ0v) is 13.8. The van der Waals surface area contributed by atoms with E-state index in [1.165, 1.54) is 6.20 Å². The lowest BCUT2D eigenvalue weighted by Gasteiger charge is -2.09. The minimum Gasteiger partial charge on any atom is -0.326 e. The second kappa shape index (κ2) is 7.17. The van der Waals surface area contributed by atoms with Crippen molar-refractivity contribution in [2.45, 2.75) is 13.8 Å². The highest BCUT2D eigenvalue weighted by Gasteiger charge is 2.09. The molecule has 114 valence electrons. The second-order valence-corrected chi connectivity index (χ2v) is 5.98. The molecule has 2 amide bonds. The van der Waals surface area contributed by atoms with Gasteiger partial charge in [0.1, 0.15) is 0 Å². The third-order valence-electron chi connectivity index (χ3n) is 2.90. The van der Waals surface area contributed by atoms with Gasteiger partial charge in [0.25, 0.3) is 5.91 Å². The van der Waals surface area contributed by atoms with Gasteiger partial charge in [0, 0.05) is 34.2 Å². The molecule has 1 heterocycles. The van der Waals surface area contributed by atoms with Crippen molar-refractivity contribution in [1.29, 1.82) is 0 Å². The van der Waals surface area contributed by atoms with Gasteiger partial charge in [-0.3, -0.25) is 14.6 Å². The zero-order chi connectivity index (χ0) is 16.1. The molecule has 2 N–H and O–H groups in total. The Morgan fingerprint density at radius 3 is 2.18 bits per heavy atom. The first-order valence-corrected chi connectivity index (χ1v) is 7.58. The molecule has 0 atom stereocenters. The van der Waals surface area contributed by atoms with Crippen LogP contribution in [-0.4, -0.2) is 16.8 Å². The summed E-state index contributed by atoms with van der Waals surface area (Å²) in [5, 5.41) is 5.57. The molecule has 6 heteroatoms. The van der Waals surface area contributed by atoms with Gasteiger partial charge in [0.15, 0.2) is 0 Å². The molecule has 2 rings (SSSR count). The number of carbonyl (C=O) groups excluding carboxylic acids is 2. The van der Waals surface area contributed by atoms with Crippen molar-refractivity contribution in [3.05, 3.63) is 52.8 Å². The van der Waals surface area contributed by atoms with E-state index in [0.29, 0.717) is 16.9 Å². The summed E-state index contributed by atoms with van der Waals surface area (Å²) in [5.41, 5.74) is 1.81. The van der Waals surface area contributed by atoms with Crippen LogP contribution < -0.4 is 10.6 Å². The molecule has 22 heavy (non-hydrogen) atoms. The molecule has 0 aliphatic heterocycles. The first kappa shape index (κ1) is 16.2. The molecule has 0 aliphatic carbocycles. The number of aromatic nitrogens is 1. The number of rotatable bonds is 4. The molecule has 5 nitrogen and oxygen atoms in total. The van der Waals surface area contributed by atoms with Crippen LogP contribution in [0.15, 0.2) is 47.2 Å². The molecular formula is C16H16BrN3O2. The van der Waals surface area contributed by atoms with Gasteiger partial charge in [-0.15, -0.1) is 0 Å². The number of carbonyl (C=O) groups is 2. The normalized spacial score (nSPS) is 10.4. The Balaban J connectivity index is 2.02. The smallest absolute Gasteiger partial charge is 0.257 e. The maximum absolute atomic E-state index is 12.1. The highest BCUT2D eigenvalue weighted by atomic mass is 79.9. The molecule has 0 fully saturated rings. The lowest BCUT2D eigenvalue weighted by molar-refractivity contribution is -0.118. The summed E-state index contributed by atoms with van der Waals surface area (Å²) in [6.07, 6.45) is 3.11. The van der Waals surface area contributed by atoms with Crippen LogP contribution in [0, 0.1) is 5.92 Å². The van der Waals surface area contributed by atoms with E-state index in [-0.39, 0.29) is 17.7 Å². The quantitative estimate of drug-likeness (QED) is 0.872. The number of hydrogen-bond acceptors (Lipinski definition) is 3. The van der Waals surface area contributed by atoms with Crippen molar-refractivity contribution in [3.8, 4) is 0 Å². The van der Waals surface area contributed by atoms with Gasteiger partial charge in [0.05, 0.1) is 5.56 Å². The van der Waals surface area contributed by atoms with Crippen LogP contribution in [0.2, 0.25) is 0 Å². The number of benzene rings is 1. The van der Waals surface area contributed by atoms with Crippen molar-refractivity contribution < 1.29 is 9.59 Å². The summed E-state index contributed by atoms with van der Waals surface area (Å²) >= 11 is 3.28. The van der Waals surface area contributed by atoms with E-state index in [2.05, 4.69) is 31.5 Å². The van der Waals surface area contributed by atoms with Crippen LogP contribution in [0.5, 0.6) is 0 Å². The summed E-state index contributed by atoms with van der Waals surface area (Å²) in [6, 6.07) is 8.65. The number of anilines is 2. The van der Waals surface area contributed by atoms with Gasteiger partial charge >= 0.3 is 0 Å². The van der Waals surface area contributed by atoms with Gasteiger partial charge in [-0.1, -0.05) is 13.8 Å². The SMILES string of the molecule is CC(C)C(=O)Nc1ccc(NC(=O)c2cncc(Br)c2)cc1. The van der Waals surface area contributed by atoms with E-state index in [1.54, 1.807) is 36.5 Å². The first-order chi connectivity index (χ1) is 10.5. The van der Waals surface area contributed by atoms with E-state index < -0.39 is 0 Å². The van der Waals surface area contributed by atoms with Gasteiger partial charge in [0.2, 0.25) is 5.91 Å². The first-order valence-electron chi connectivity index (χ1n) is 6.78. The lowest BCUT2D eigenvalue weighted by Crippen LogP contribution is -2.17. The average Bonchev–Trinajstić information content (AvgIpc) is 2.49. The molecule has 2 aromatic rings. The Bertz CT molecular complexity index is 684. The molecule has 0 bridgehead atoms. The lowest BCUT2D eigenvalue weighted by atomic mass is 10.2. The van der Waals surface area contributed by atoms with Crippen LogP contribution >= 0.6 is 15.9 Å². The molecule has 0 spiro atoms. The summed E-state index contributed by atoms with van der Waals surface area (Å²) < 4.78 is 0.742. The number of nitrogens with zero attached hydrogens (tertiary/aromatic N) is 1. The van der Waals surface area contributed by atoms with Crippen LogP contribution in [0.4, 0.5) is 11.4 Å². The molecule has 0 unspecified atom stereocenters. The van der Waals surface area contributed by atoms with Crippen molar-refractivity contribution in [2.24, 2.45) is 5.92 Å². The minimum atomic E-state index is -0.243. The van der Waals surface area contributed by atoms with E-state index in [1.807, 2.05) is 13.8 Å². The molecule has 0 saturated carbocycles. The highest BCUT2D eigenvalue weighted by Crippen LogP contribution is 2.16. The van der Waals surface area contributed by atoms with E-state index in [4.69, 9.17) is 0 Å². The Kier molecular flexibility index (Phi) is 5.27. The van der Waals surface area contributed by atoms with Gasteiger partial charge in [-0.25, -0.2) is 0 Å². The number of halogens is 1. The minimum absolute atomic E-state index is 0.0444. The molecule has 0 saturated heterocycles. The van der Waals surface area contributed by atoms with Crippen molar-refractivity contribution >= 4 is 39.1 Å². The zero-order valence-electron chi connectivity index (χ0n) is 12.3. The fourth-order valence-electron chi connectivity index (χ4n) is 1.66. The van der Waals surface area contributed by atoms with Crippen LogP contribution in [0.1, 0.15) is 24.2 Å². The standard InChI is InChI=1S/C16H16BrN3O2/c1-10(2)15(21)19-13-3-5-14(6-4-13)20-16(22)11-7-12(17)9-18-8-11/h3-10H,1-2H3,(H,19,21)(H,20,22). The largest absolute Gasteiger partial charge is 0.326 e. The Labute approximate surface area is 137 Å². The van der Waals surface area contributed by atoms with Gasteiger partial charge in [-0.05, 0) is 46.3 Å². The third kappa shape index (κ3) is 4.39. The molecule has 1 aromatic heterocycles. The summed E-state index contributed by atoms with van der Waals surface area (Å²) in [5.74, 6) is -0.367. The maximum atomic E-state index is 12.1. The second-order valence-electron chi connectivity index (χ2n) is 5.07. The highest BCUT2D eigenvalue weighted by molar-refractivity contribution is 9.10. The number of pyridine rings is 1. The Morgan fingerprint density at radius 1 is 1.05 bits per heavy atom. The van der Waals surface area contributed by atoms with Crippen molar-refractivity contribution in [1.82, 2.24) is 4.98 Å². The number of nitrogens with one attached hydrogen (secondary N) is 2. The molecule has 1 aromatic carbocycles. The van der Waals surface area contributed by atoms with Gasteiger partial charge in [-0.2, -0.15) is 0 Å². The molecule has 0 radical (unpaired) electrons. The van der Waals surface area contributed by atoms with Gasteiger partial charge < -0.3 is 10.6 Å². The maximum Gasteiger partial charge on any atom is 0.257 e. The Morgan fingerprint density at radius 2 is 1.64 bits per heavy atom. The van der Waals surface area contributed by atoms with E-state index >= 15 is 0 Å². The molecular weight excluding hydrogens is 346 g/mol. The predicted molar refractivity (Wildman–Crippen MR) is 89.8 cm³/mol. The third-order valence-corrected chi connectivity index (χ3v) is 3.34. The summed E-state index contributed by atoms with van der Waals surface area (Å²) in [7, 11) is 0. The van der Waals surface area contributed by atoms with Crippen LogP contribution in [-0.2, 0) is 4.79 Å². The number of hydrogen-bond donors (Lipinski definition) is 2. The fourth-order valence-corrected chi connectivity index (χ4v) is 2.03. The van der Waals surface area contributed by atoms with E-state index in [9.17, 15) is 9.59 Å². The summed E-state index contributed by atoms with van der Waals surface area (Å²) in [6.45, 7) is 3.66. The monoisotopic (exact) mass is 361 g/mol. The predicted octanol–water partition coefficient (Wildman–Crippen LogP) is 3.69. The van der Waals surface area contributed by atoms with Crippen LogP contribution in [0.25, 0.3) is 0 Å². The average molecular weight is 362 g/mol. The fraction of sp³-hybridized carbons (Fsp3) is 0.188. The summed E-state index contributed by atoms with van der Waals surface area (Å²) in [4.78, 5) is 27.6. The van der Waals surface area contributed by atoms with E-state index in [0.717, 1.165) is 4.47 Å².